The molecule has 1 fully saturated rings. The minimum absolute atomic E-state index is 0.0864. The van der Waals surface area contributed by atoms with Gasteiger partial charge in [-0.15, -0.1) is 0 Å². The molecule has 1 aromatic rings. The summed E-state index contributed by atoms with van der Waals surface area (Å²) in [7, 11) is -2.31. The molecule has 1 saturated heterocycles. The van der Waals surface area contributed by atoms with Gasteiger partial charge in [0.05, 0.1) is 4.90 Å². The van der Waals surface area contributed by atoms with E-state index in [4.69, 9.17) is 9.47 Å². The van der Waals surface area contributed by atoms with Gasteiger partial charge in [-0.3, -0.25) is 0 Å². The first-order chi connectivity index (χ1) is 11.1. The van der Waals surface area contributed by atoms with Gasteiger partial charge < -0.3 is 14.8 Å². The Hall–Kier alpha value is -2.39. The molecule has 1 aliphatic heterocycles. The molecular formula is C15H18N2O6S. The van der Waals surface area contributed by atoms with E-state index in [1.165, 1.54) is 27.0 Å². The fourth-order valence-electron chi connectivity index (χ4n) is 2.02. The van der Waals surface area contributed by atoms with E-state index >= 15 is 0 Å². The zero-order valence-corrected chi connectivity index (χ0v) is 14.5. The van der Waals surface area contributed by atoms with Crippen molar-refractivity contribution in [2.75, 3.05) is 12.4 Å². The molecule has 2 N–H and O–H groups in total. The molecule has 9 heteroatoms. The van der Waals surface area contributed by atoms with Crippen LogP contribution >= 0.6 is 0 Å². The maximum atomic E-state index is 12.0. The summed E-state index contributed by atoms with van der Waals surface area (Å²) < 4.78 is 36.1. The summed E-state index contributed by atoms with van der Waals surface area (Å²) in [6, 6.07) is 4.61. The molecule has 0 spiro atoms. The molecule has 0 saturated carbocycles. The van der Waals surface area contributed by atoms with Gasteiger partial charge >= 0.3 is 11.9 Å². The molecule has 0 atom stereocenters. The summed E-state index contributed by atoms with van der Waals surface area (Å²) in [5.74, 6) is -2.96. The van der Waals surface area contributed by atoms with E-state index in [-0.39, 0.29) is 10.5 Å². The summed E-state index contributed by atoms with van der Waals surface area (Å²) in [5, 5.41) is 2.71. The van der Waals surface area contributed by atoms with Crippen molar-refractivity contribution in [1.82, 2.24) is 4.72 Å². The van der Waals surface area contributed by atoms with Crippen molar-refractivity contribution < 1.29 is 27.5 Å². The van der Waals surface area contributed by atoms with Crippen LogP contribution in [0.1, 0.15) is 19.4 Å². The molecule has 2 rings (SSSR count). The first-order valence-corrected chi connectivity index (χ1v) is 8.51. The standard InChI is InChI=1S/C15H18N2O6S/c1-9-5-6-10(7-12(9)24(20,21)16-4)17-8-11-13(18)22-15(2,3)23-14(11)19/h5-8,16-17H,1-4H3. The molecule has 1 aromatic carbocycles. The van der Waals surface area contributed by atoms with E-state index in [9.17, 15) is 18.0 Å². The largest absolute Gasteiger partial charge is 0.419 e. The smallest absolute Gasteiger partial charge is 0.350 e. The van der Waals surface area contributed by atoms with Crippen LogP contribution in [0, 0.1) is 6.92 Å². The third kappa shape index (κ3) is 3.74. The topological polar surface area (TPSA) is 111 Å². The molecule has 130 valence electrons. The van der Waals surface area contributed by atoms with E-state index in [0.29, 0.717) is 11.3 Å². The van der Waals surface area contributed by atoms with Crippen molar-refractivity contribution in [3.05, 3.63) is 35.5 Å². The van der Waals surface area contributed by atoms with Gasteiger partial charge in [-0.05, 0) is 31.7 Å². The molecule has 0 radical (unpaired) electrons. The highest BCUT2D eigenvalue weighted by atomic mass is 32.2. The summed E-state index contributed by atoms with van der Waals surface area (Å²) in [6.07, 6.45) is 1.13. The highest BCUT2D eigenvalue weighted by Crippen LogP contribution is 2.24. The molecule has 8 nitrogen and oxygen atoms in total. The van der Waals surface area contributed by atoms with Crippen LogP contribution in [0.25, 0.3) is 0 Å². The highest BCUT2D eigenvalue weighted by Gasteiger charge is 2.38. The first-order valence-electron chi connectivity index (χ1n) is 7.03. The number of benzene rings is 1. The van der Waals surface area contributed by atoms with Gasteiger partial charge in [-0.25, -0.2) is 22.7 Å². The molecule has 24 heavy (non-hydrogen) atoms. The van der Waals surface area contributed by atoms with Gasteiger partial charge in [0.25, 0.3) is 5.79 Å². The van der Waals surface area contributed by atoms with E-state index in [1.54, 1.807) is 19.1 Å². The first kappa shape index (κ1) is 18.0. The van der Waals surface area contributed by atoms with Crippen molar-refractivity contribution in [1.29, 1.82) is 0 Å². The van der Waals surface area contributed by atoms with Gasteiger partial charge in [0, 0.05) is 25.7 Å². The van der Waals surface area contributed by atoms with Crippen LogP contribution in [-0.2, 0) is 29.1 Å². The van der Waals surface area contributed by atoms with Gasteiger partial charge in [-0.2, -0.15) is 0 Å². The van der Waals surface area contributed by atoms with Crippen molar-refractivity contribution in [2.45, 2.75) is 31.5 Å². The van der Waals surface area contributed by atoms with Gasteiger partial charge in [0.2, 0.25) is 10.0 Å². The number of cyclic esters (lactones) is 2. The van der Waals surface area contributed by atoms with Crippen LogP contribution < -0.4 is 10.0 Å². The molecule has 0 amide bonds. The molecule has 1 aliphatic rings. The Morgan fingerprint density at radius 1 is 1.12 bits per heavy atom. The van der Waals surface area contributed by atoms with Crippen molar-refractivity contribution in [2.24, 2.45) is 0 Å². The lowest BCUT2D eigenvalue weighted by atomic mass is 10.2. The quantitative estimate of drug-likeness (QED) is 0.472. The molecule has 1 heterocycles. The Morgan fingerprint density at radius 3 is 2.25 bits per heavy atom. The molecule has 0 unspecified atom stereocenters. The second-order valence-electron chi connectivity index (χ2n) is 5.57. The van der Waals surface area contributed by atoms with Gasteiger partial charge in [0.1, 0.15) is 0 Å². The number of rotatable bonds is 4. The zero-order chi connectivity index (χ0) is 18.1. The van der Waals surface area contributed by atoms with Crippen molar-refractivity contribution in [3.63, 3.8) is 0 Å². The van der Waals surface area contributed by atoms with E-state index < -0.39 is 27.7 Å². The maximum absolute atomic E-state index is 12.0. The van der Waals surface area contributed by atoms with Crippen LogP contribution in [0.3, 0.4) is 0 Å². The maximum Gasteiger partial charge on any atom is 0.350 e. The van der Waals surface area contributed by atoms with Gasteiger partial charge in [-0.1, -0.05) is 6.07 Å². The number of hydrogen-bond donors (Lipinski definition) is 2. The number of aryl methyl sites for hydroxylation is 1. The number of anilines is 1. The lowest BCUT2D eigenvalue weighted by Gasteiger charge is -2.29. The SMILES string of the molecule is CNS(=O)(=O)c1cc(NC=C2C(=O)OC(C)(C)OC2=O)ccc1C. The fourth-order valence-corrected chi connectivity index (χ4v) is 3.02. The number of carbonyl (C=O) groups is 2. The third-order valence-electron chi connectivity index (χ3n) is 3.25. The molecule has 0 bridgehead atoms. The lowest BCUT2D eigenvalue weighted by Crippen LogP contribution is -2.42. The van der Waals surface area contributed by atoms with Crippen molar-refractivity contribution in [3.8, 4) is 0 Å². The third-order valence-corrected chi connectivity index (χ3v) is 4.80. The number of carbonyl (C=O) groups excluding carboxylic acids is 2. The summed E-state index contributed by atoms with van der Waals surface area (Å²) in [6.45, 7) is 4.55. The lowest BCUT2D eigenvalue weighted by molar-refractivity contribution is -0.222. The number of esters is 2. The predicted octanol–water partition coefficient (Wildman–Crippen LogP) is 1.04. The minimum Gasteiger partial charge on any atom is -0.419 e. The number of hydrogen-bond acceptors (Lipinski definition) is 7. The van der Waals surface area contributed by atoms with E-state index in [1.807, 2.05) is 0 Å². The highest BCUT2D eigenvalue weighted by molar-refractivity contribution is 7.89. The van der Waals surface area contributed by atoms with Crippen LogP contribution in [-0.4, -0.2) is 33.2 Å². The Bertz CT molecular complexity index is 804. The summed E-state index contributed by atoms with van der Waals surface area (Å²) in [4.78, 5) is 23.7. The van der Waals surface area contributed by atoms with Crippen LogP contribution in [0.4, 0.5) is 5.69 Å². The van der Waals surface area contributed by atoms with Gasteiger partial charge in [0.15, 0.2) is 5.57 Å². The predicted molar refractivity (Wildman–Crippen MR) is 85.4 cm³/mol. The molecule has 0 aliphatic carbocycles. The number of sulfonamides is 1. The minimum atomic E-state index is -3.63. The van der Waals surface area contributed by atoms with Crippen LogP contribution in [0.5, 0.6) is 0 Å². The zero-order valence-electron chi connectivity index (χ0n) is 13.7. The average molecular weight is 354 g/mol. The van der Waals surface area contributed by atoms with Crippen molar-refractivity contribution >= 4 is 27.6 Å². The normalized spacial score (nSPS) is 17.1. The average Bonchev–Trinajstić information content (AvgIpc) is 2.46. The Morgan fingerprint density at radius 2 is 1.71 bits per heavy atom. The van der Waals surface area contributed by atoms with E-state index in [2.05, 4.69) is 10.0 Å². The Balaban J connectivity index is 2.28. The number of ether oxygens (including phenoxy) is 2. The van der Waals surface area contributed by atoms with E-state index in [0.717, 1.165) is 6.20 Å². The molecular weight excluding hydrogens is 336 g/mol. The molecule has 0 aromatic heterocycles. The fraction of sp³-hybridized carbons (Fsp3) is 0.333. The van der Waals surface area contributed by atoms with Crippen LogP contribution in [0.2, 0.25) is 0 Å². The van der Waals surface area contributed by atoms with Crippen LogP contribution in [0.15, 0.2) is 34.9 Å². The second-order valence-corrected chi connectivity index (χ2v) is 7.42. The Kier molecular flexibility index (Phi) is 4.68. The number of nitrogens with one attached hydrogen (secondary N) is 2. The Labute approximate surface area is 139 Å². The second kappa shape index (κ2) is 6.25. The summed E-state index contributed by atoms with van der Waals surface area (Å²) in [5.41, 5.74) is 0.626. The monoisotopic (exact) mass is 354 g/mol. The summed E-state index contributed by atoms with van der Waals surface area (Å²) >= 11 is 0.